The molecule has 2 amide bonds. The molecule has 214 valence electrons. The lowest BCUT2D eigenvalue weighted by molar-refractivity contribution is -0.139. The fraction of sp³-hybridized carbons (Fsp3) is 0.333. The van der Waals surface area contributed by atoms with Gasteiger partial charge in [0.25, 0.3) is 10.0 Å². The second-order valence-electron chi connectivity index (χ2n) is 10.1. The summed E-state index contributed by atoms with van der Waals surface area (Å²) in [6, 6.07) is 15.6. The van der Waals surface area contributed by atoms with Gasteiger partial charge in [-0.15, -0.1) is 0 Å². The van der Waals surface area contributed by atoms with Gasteiger partial charge in [0.2, 0.25) is 11.8 Å². The van der Waals surface area contributed by atoms with Crippen molar-refractivity contribution in [1.82, 2.24) is 10.2 Å². The molecule has 1 N–H and O–H groups in total. The van der Waals surface area contributed by atoms with Crippen LogP contribution < -0.4 is 9.62 Å². The van der Waals surface area contributed by atoms with E-state index in [0.29, 0.717) is 21.3 Å². The number of halogens is 2. The van der Waals surface area contributed by atoms with Crippen LogP contribution in [0.3, 0.4) is 0 Å². The molecule has 0 aliphatic heterocycles. The van der Waals surface area contributed by atoms with Crippen molar-refractivity contribution in [2.24, 2.45) is 0 Å². The lowest BCUT2D eigenvalue weighted by Gasteiger charge is -2.33. The minimum Gasteiger partial charge on any atom is -0.352 e. The summed E-state index contributed by atoms with van der Waals surface area (Å²) in [6.45, 7) is 10.2. The summed E-state index contributed by atoms with van der Waals surface area (Å²) in [7, 11) is -4.16. The molecule has 0 aliphatic rings. The van der Waals surface area contributed by atoms with Crippen LogP contribution in [0.25, 0.3) is 0 Å². The van der Waals surface area contributed by atoms with Crippen molar-refractivity contribution in [3.63, 3.8) is 0 Å². The topological polar surface area (TPSA) is 86.8 Å². The van der Waals surface area contributed by atoms with E-state index in [4.69, 9.17) is 23.2 Å². The van der Waals surface area contributed by atoms with Crippen molar-refractivity contribution in [1.29, 1.82) is 0 Å². The summed E-state index contributed by atoms with van der Waals surface area (Å²) in [4.78, 5) is 28.5. The third-order valence-corrected chi connectivity index (χ3v) is 9.20. The van der Waals surface area contributed by atoms with Crippen molar-refractivity contribution >= 4 is 50.7 Å². The first kappa shape index (κ1) is 31.5. The van der Waals surface area contributed by atoms with Gasteiger partial charge >= 0.3 is 0 Å². The quantitative estimate of drug-likeness (QED) is 0.305. The van der Waals surface area contributed by atoms with Gasteiger partial charge < -0.3 is 10.2 Å². The predicted molar refractivity (Wildman–Crippen MR) is 161 cm³/mol. The Morgan fingerprint density at radius 2 is 1.45 bits per heavy atom. The number of amides is 2. The van der Waals surface area contributed by atoms with E-state index >= 15 is 0 Å². The number of carbonyl (C=O) groups excluding carboxylic acids is 2. The van der Waals surface area contributed by atoms with Crippen LogP contribution in [-0.2, 0) is 26.2 Å². The standard InChI is InChI=1S/C30H35Cl2N3O4S/c1-19(2)33-30(37)23(6)34(17-25-26(31)10-8-11-27(25)32)29(36)18-35(28-12-7-9-21(4)22(28)5)40(38,39)24-15-13-20(3)14-16-24/h7-16,19,23H,17-18H2,1-6H3,(H,33,37). The monoisotopic (exact) mass is 603 g/mol. The summed E-state index contributed by atoms with van der Waals surface area (Å²) >= 11 is 12.8. The van der Waals surface area contributed by atoms with Gasteiger partial charge in [0, 0.05) is 28.2 Å². The van der Waals surface area contributed by atoms with E-state index in [9.17, 15) is 18.0 Å². The molecule has 0 heterocycles. The summed E-state index contributed by atoms with van der Waals surface area (Å²) in [5, 5.41) is 3.49. The number of anilines is 1. The smallest absolute Gasteiger partial charge is 0.264 e. The van der Waals surface area contributed by atoms with Crippen LogP contribution in [0.2, 0.25) is 10.0 Å². The van der Waals surface area contributed by atoms with E-state index in [1.807, 2.05) is 40.7 Å². The first-order valence-corrected chi connectivity index (χ1v) is 15.1. The lowest BCUT2D eigenvalue weighted by Crippen LogP contribution is -2.52. The predicted octanol–water partition coefficient (Wildman–Crippen LogP) is 6.06. The molecule has 7 nitrogen and oxygen atoms in total. The maximum absolute atomic E-state index is 14.1. The largest absolute Gasteiger partial charge is 0.352 e. The Kier molecular flexibility index (Phi) is 10.3. The molecule has 3 aromatic rings. The summed E-state index contributed by atoms with van der Waals surface area (Å²) in [6.07, 6.45) is 0. The number of nitrogens with zero attached hydrogens (tertiary/aromatic N) is 2. The number of rotatable bonds is 10. The second kappa shape index (κ2) is 13.1. The number of aryl methyl sites for hydroxylation is 2. The molecule has 0 fully saturated rings. The summed E-state index contributed by atoms with van der Waals surface area (Å²) in [5.74, 6) is -0.967. The summed E-state index contributed by atoms with van der Waals surface area (Å²) in [5.41, 5.74) is 3.34. The van der Waals surface area contributed by atoms with Crippen LogP contribution >= 0.6 is 23.2 Å². The molecule has 0 spiro atoms. The second-order valence-corrected chi connectivity index (χ2v) is 12.8. The highest BCUT2D eigenvalue weighted by atomic mass is 35.5. The fourth-order valence-electron chi connectivity index (χ4n) is 4.20. The van der Waals surface area contributed by atoms with E-state index in [0.717, 1.165) is 21.0 Å². The maximum atomic E-state index is 14.1. The zero-order valence-corrected chi connectivity index (χ0v) is 25.9. The van der Waals surface area contributed by atoms with E-state index in [2.05, 4.69) is 5.32 Å². The van der Waals surface area contributed by atoms with Crippen LogP contribution in [-0.4, -0.2) is 43.8 Å². The van der Waals surface area contributed by atoms with Gasteiger partial charge in [0.1, 0.15) is 12.6 Å². The third kappa shape index (κ3) is 7.16. The first-order valence-electron chi connectivity index (χ1n) is 12.9. The minimum absolute atomic E-state index is 0.0538. The molecule has 0 radical (unpaired) electrons. The number of carbonyl (C=O) groups is 2. The number of nitrogens with one attached hydrogen (secondary N) is 1. The molecule has 3 aromatic carbocycles. The van der Waals surface area contributed by atoms with Crippen molar-refractivity contribution in [3.05, 3.63) is 93.0 Å². The van der Waals surface area contributed by atoms with Crippen LogP contribution in [0.15, 0.2) is 65.6 Å². The van der Waals surface area contributed by atoms with E-state index in [1.54, 1.807) is 49.4 Å². The zero-order chi connectivity index (χ0) is 29.8. The number of hydrogen-bond donors (Lipinski definition) is 1. The van der Waals surface area contributed by atoms with Crippen LogP contribution in [0.4, 0.5) is 5.69 Å². The van der Waals surface area contributed by atoms with Gasteiger partial charge in [0.15, 0.2) is 0 Å². The van der Waals surface area contributed by atoms with Gasteiger partial charge in [-0.05, 0) is 83.0 Å². The zero-order valence-electron chi connectivity index (χ0n) is 23.5. The molecule has 0 bridgehead atoms. The van der Waals surface area contributed by atoms with E-state index in [1.165, 1.54) is 17.0 Å². The first-order chi connectivity index (χ1) is 18.7. The molecule has 1 atom stereocenters. The Hall–Kier alpha value is -3.07. The van der Waals surface area contributed by atoms with E-state index in [-0.39, 0.29) is 23.4 Å². The van der Waals surface area contributed by atoms with Crippen molar-refractivity contribution in [2.45, 2.75) is 65.1 Å². The lowest BCUT2D eigenvalue weighted by atomic mass is 10.1. The van der Waals surface area contributed by atoms with Crippen LogP contribution in [0.5, 0.6) is 0 Å². The molecule has 10 heteroatoms. The molecule has 0 aromatic heterocycles. The molecule has 0 saturated heterocycles. The number of benzene rings is 3. The Morgan fingerprint density at radius 3 is 2.02 bits per heavy atom. The minimum atomic E-state index is -4.16. The Bertz CT molecular complexity index is 1470. The van der Waals surface area contributed by atoms with Crippen molar-refractivity contribution in [2.75, 3.05) is 10.8 Å². The van der Waals surface area contributed by atoms with Crippen LogP contribution in [0, 0.1) is 20.8 Å². The Morgan fingerprint density at radius 1 is 0.875 bits per heavy atom. The molecule has 0 saturated carbocycles. The highest BCUT2D eigenvalue weighted by Gasteiger charge is 2.34. The Balaban J connectivity index is 2.11. The summed E-state index contributed by atoms with van der Waals surface area (Å²) < 4.78 is 29.1. The van der Waals surface area contributed by atoms with Gasteiger partial charge in [-0.25, -0.2) is 8.42 Å². The Labute approximate surface area is 247 Å². The van der Waals surface area contributed by atoms with E-state index < -0.39 is 28.5 Å². The van der Waals surface area contributed by atoms with Gasteiger partial charge in [-0.2, -0.15) is 0 Å². The van der Waals surface area contributed by atoms with Gasteiger partial charge in [-0.3, -0.25) is 13.9 Å². The molecule has 1 unspecified atom stereocenters. The number of sulfonamides is 1. The average Bonchev–Trinajstić information content (AvgIpc) is 2.88. The number of hydrogen-bond acceptors (Lipinski definition) is 4. The van der Waals surface area contributed by atoms with Crippen molar-refractivity contribution in [3.8, 4) is 0 Å². The molecular weight excluding hydrogens is 569 g/mol. The fourth-order valence-corrected chi connectivity index (χ4v) is 6.19. The van der Waals surface area contributed by atoms with Crippen molar-refractivity contribution < 1.29 is 18.0 Å². The van der Waals surface area contributed by atoms with Gasteiger partial charge in [-0.1, -0.05) is 59.1 Å². The molecule has 0 aliphatic carbocycles. The highest BCUT2D eigenvalue weighted by molar-refractivity contribution is 7.92. The van der Waals surface area contributed by atoms with Crippen LogP contribution in [0.1, 0.15) is 43.0 Å². The SMILES string of the molecule is Cc1ccc(S(=O)(=O)N(CC(=O)N(Cc2c(Cl)cccc2Cl)C(C)C(=O)NC(C)C)c2cccc(C)c2C)cc1. The average molecular weight is 605 g/mol. The third-order valence-electron chi connectivity index (χ3n) is 6.72. The molecule has 40 heavy (non-hydrogen) atoms. The molecule has 3 rings (SSSR count). The normalized spacial score (nSPS) is 12.2. The maximum Gasteiger partial charge on any atom is 0.264 e. The highest BCUT2D eigenvalue weighted by Crippen LogP contribution is 2.30. The molecular formula is C30H35Cl2N3O4S. The van der Waals surface area contributed by atoms with Gasteiger partial charge in [0.05, 0.1) is 10.6 Å².